The molecule has 2 heterocycles. The van der Waals surface area contributed by atoms with Crippen LogP contribution in [0.3, 0.4) is 0 Å². The third-order valence-corrected chi connectivity index (χ3v) is 4.63. The summed E-state index contributed by atoms with van der Waals surface area (Å²) in [7, 11) is 0. The molecule has 0 atom stereocenters. The zero-order valence-electron chi connectivity index (χ0n) is 16.6. The molecule has 0 radical (unpaired) electrons. The van der Waals surface area contributed by atoms with E-state index in [4.69, 9.17) is 0 Å². The second-order valence-corrected chi connectivity index (χ2v) is 6.47. The molecule has 1 aliphatic rings. The fourth-order valence-electron chi connectivity index (χ4n) is 3.43. The lowest BCUT2D eigenvalue weighted by molar-refractivity contribution is 0.0965. The van der Waals surface area contributed by atoms with Crippen molar-refractivity contribution in [2.45, 2.75) is 60.4 Å². The lowest BCUT2D eigenvalue weighted by atomic mass is 9.85. The van der Waals surface area contributed by atoms with E-state index in [1.807, 2.05) is 20.8 Å². The number of hydrogen-bond acceptors (Lipinski definition) is 4. The minimum Gasteiger partial charge on any atom is -0.318 e. The first-order chi connectivity index (χ1) is 12.9. The fourth-order valence-corrected chi connectivity index (χ4v) is 3.43. The Balaban J connectivity index is 0.00000126. The van der Waals surface area contributed by atoms with Gasteiger partial charge < -0.3 is 9.55 Å². The quantitative estimate of drug-likeness (QED) is 0.715. The van der Waals surface area contributed by atoms with E-state index in [1.165, 1.54) is 16.7 Å². The average molecular weight is 370 g/mol. The maximum absolute atomic E-state index is 13.0. The molecule has 1 aliphatic carbocycles. The van der Waals surface area contributed by atoms with Crippen LogP contribution in [0.5, 0.6) is 0 Å². The van der Waals surface area contributed by atoms with Gasteiger partial charge in [0, 0.05) is 18.7 Å². The summed E-state index contributed by atoms with van der Waals surface area (Å²) in [5.41, 5.74) is 0.784. The number of ketones is 2. The van der Waals surface area contributed by atoms with E-state index in [2.05, 4.69) is 4.98 Å². The molecule has 0 bridgehead atoms. The number of aromatic amines is 1. The highest BCUT2D eigenvalue weighted by molar-refractivity contribution is 6.27. The van der Waals surface area contributed by atoms with Gasteiger partial charge >= 0.3 is 0 Å². The molecular weight excluding hydrogens is 344 g/mol. The Kier molecular flexibility index (Phi) is 6.31. The summed E-state index contributed by atoms with van der Waals surface area (Å²) >= 11 is 0. The standard InChI is InChI=1S/C19H20N2O4.C2H6/c1-4-5-6-7-21-13(23)9-11(3)15-17(21)19(25)16-14(18(15)24)10(2)8-12(22)20-16;1-2/h8-9H,4-7H2,1-3H3,(H,20,22);1-2H3. The van der Waals surface area contributed by atoms with E-state index in [1.54, 1.807) is 13.8 Å². The number of nitrogens with one attached hydrogen (secondary N) is 1. The first-order valence-corrected chi connectivity index (χ1v) is 9.44. The van der Waals surface area contributed by atoms with E-state index in [-0.39, 0.29) is 33.9 Å². The van der Waals surface area contributed by atoms with Crippen molar-refractivity contribution in [2.75, 3.05) is 0 Å². The maximum Gasteiger partial charge on any atom is 0.251 e. The topological polar surface area (TPSA) is 89.0 Å². The van der Waals surface area contributed by atoms with Crippen molar-refractivity contribution in [3.05, 3.63) is 66.5 Å². The number of aryl methyl sites for hydroxylation is 2. The smallest absolute Gasteiger partial charge is 0.251 e. The fraction of sp³-hybridized carbons (Fsp3) is 0.429. The van der Waals surface area contributed by atoms with Crippen molar-refractivity contribution >= 4 is 11.6 Å². The molecule has 6 nitrogen and oxygen atoms in total. The third-order valence-electron chi connectivity index (χ3n) is 4.63. The Morgan fingerprint density at radius 2 is 1.52 bits per heavy atom. The van der Waals surface area contributed by atoms with Crippen molar-refractivity contribution in [1.82, 2.24) is 9.55 Å². The van der Waals surface area contributed by atoms with Crippen LogP contribution in [0.2, 0.25) is 0 Å². The molecule has 0 spiro atoms. The number of rotatable bonds is 4. The van der Waals surface area contributed by atoms with Crippen molar-refractivity contribution < 1.29 is 9.59 Å². The normalized spacial score (nSPS) is 12.2. The van der Waals surface area contributed by atoms with Crippen LogP contribution >= 0.6 is 0 Å². The van der Waals surface area contributed by atoms with Crippen LogP contribution in [0, 0.1) is 13.8 Å². The molecule has 27 heavy (non-hydrogen) atoms. The van der Waals surface area contributed by atoms with Gasteiger partial charge in [-0.05, 0) is 31.4 Å². The largest absolute Gasteiger partial charge is 0.318 e. The van der Waals surface area contributed by atoms with Crippen LogP contribution in [-0.2, 0) is 6.54 Å². The van der Waals surface area contributed by atoms with Crippen LogP contribution < -0.4 is 11.1 Å². The van der Waals surface area contributed by atoms with Gasteiger partial charge in [-0.25, -0.2) is 0 Å². The zero-order valence-corrected chi connectivity index (χ0v) is 16.6. The highest BCUT2D eigenvalue weighted by Crippen LogP contribution is 2.28. The minimum absolute atomic E-state index is 0.0169. The van der Waals surface area contributed by atoms with Crippen LogP contribution in [0.25, 0.3) is 0 Å². The number of nitrogens with zero attached hydrogens (tertiary/aromatic N) is 1. The average Bonchev–Trinajstić information content (AvgIpc) is 2.62. The summed E-state index contributed by atoms with van der Waals surface area (Å²) in [5, 5.41) is 0. The van der Waals surface area contributed by atoms with E-state index in [9.17, 15) is 19.2 Å². The predicted molar refractivity (Wildman–Crippen MR) is 105 cm³/mol. The van der Waals surface area contributed by atoms with Crippen LogP contribution in [0.1, 0.15) is 83.3 Å². The summed E-state index contributed by atoms with van der Waals surface area (Å²) in [4.78, 5) is 52.7. The molecule has 0 amide bonds. The SMILES string of the molecule is CC.CCCCCn1c2c(c(C)cc1=O)C(=O)c1c(C)cc(=O)[nH]c1C2=O. The Bertz CT molecular complexity index is 1010. The van der Waals surface area contributed by atoms with E-state index >= 15 is 0 Å². The van der Waals surface area contributed by atoms with Crippen molar-refractivity contribution in [3.8, 4) is 0 Å². The number of fused-ring (bicyclic) bond motifs is 2. The molecule has 0 saturated carbocycles. The van der Waals surface area contributed by atoms with Gasteiger partial charge in [0.1, 0.15) is 11.4 Å². The van der Waals surface area contributed by atoms with Gasteiger partial charge in [-0.1, -0.05) is 33.6 Å². The minimum atomic E-state index is -0.470. The number of carbonyl (C=O) groups excluding carboxylic acids is 2. The van der Waals surface area contributed by atoms with Gasteiger partial charge in [-0.15, -0.1) is 0 Å². The Hall–Kier alpha value is -2.76. The molecule has 1 N–H and O–H groups in total. The zero-order chi connectivity index (χ0) is 20.3. The van der Waals surface area contributed by atoms with Crippen molar-refractivity contribution in [3.63, 3.8) is 0 Å². The van der Waals surface area contributed by atoms with Gasteiger partial charge in [0.25, 0.3) is 5.56 Å². The second kappa shape index (κ2) is 8.29. The third kappa shape index (κ3) is 3.56. The summed E-state index contributed by atoms with van der Waals surface area (Å²) in [6.07, 6.45) is 2.64. The number of unbranched alkanes of at least 4 members (excludes halogenated alkanes) is 2. The van der Waals surface area contributed by atoms with Gasteiger partial charge in [-0.2, -0.15) is 0 Å². The molecule has 3 rings (SSSR count). The van der Waals surface area contributed by atoms with E-state index < -0.39 is 11.3 Å². The van der Waals surface area contributed by atoms with Gasteiger partial charge in [0.15, 0.2) is 5.78 Å². The molecular formula is C21H26N2O4. The molecule has 0 aromatic carbocycles. The summed E-state index contributed by atoms with van der Waals surface area (Å²) in [6, 6.07) is 2.71. The first-order valence-electron chi connectivity index (χ1n) is 9.44. The van der Waals surface area contributed by atoms with Gasteiger partial charge in [-0.3, -0.25) is 19.2 Å². The second-order valence-electron chi connectivity index (χ2n) is 6.47. The first kappa shape index (κ1) is 20.6. The molecule has 0 unspecified atom stereocenters. The number of H-pyrrole nitrogens is 1. The lowest BCUT2D eigenvalue weighted by Gasteiger charge is -2.23. The Morgan fingerprint density at radius 3 is 2.15 bits per heavy atom. The van der Waals surface area contributed by atoms with Crippen LogP contribution in [0.15, 0.2) is 21.7 Å². The molecule has 6 heteroatoms. The molecule has 144 valence electrons. The lowest BCUT2D eigenvalue weighted by Crippen LogP contribution is -2.35. The van der Waals surface area contributed by atoms with Crippen LogP contribution in [0.4, 0.5) is 0 Å². The van der Waals surface area contributed by atoms with Crippen LogP contribution in [-0.4, -0.2) is 21.1 Å². The summed E-state index contributed by atoms with van der Waals surface area (Å²) in [6.45, 7) is 9.72. The Labute approximate surface area is 158 Å². The van der Waals surface area contributed by atoms with E-state index in [0.29, 0.717) is 17.7 Å². The highest BCUT2D eigenvalue weighted by atomic mass is 16.2. The maximum atomic E-state index is 13.0. The summed E-state index contributed by atoms with van der Waals surface area (Å²) < 4.78 is 1.38. The monoisotopic (exact) mass is 370 g/mol. The predicted octanol–water partition coefficient (Wildman–Crippen LogP) is 3.15. The van der Waals surface area contributed by atoms with E-state index in [0.717, 1.165) is 19.3 Å². The molecule has 0 saturated heterocycles. The highest BCUT2D eigenvalue weighted by Gasteiger charge is 2.35. The number of aromatic nitrogens is 2. The Morgan fingerprint density at radius 1 is 0.889 bits per heavy atom. The molecule has 2 aromatic heterocycles. The van der Waals surface area contributed by atoms with Gasteiger partial charge in [0.2, 0.25) is 11.3 Å². The number of hydrogen-bond donors (Lipinski definition) is 1. The molecule has 2 aromatic rings. The molecule has 0 fully saturated rings. The van der Waals surface area contributed by atoms with Crippen molar-refractivity contribution in [1.29, 1.82) is 0 Å². The molecule has 0 aliphatic heterocycles. The number of carbonyl (C=O) groups is 2. The van der Waals surface area contributed by atoms with Gasteiger partial charge in [0.05, 0.1) is 11.1 Å². The van der Waals surface area contributed by atoms with Crippen molar-refractivity contribution in [2.24, 2.45) is 0 Å². The summed E-state index contributed by atoms with van der Waals surface area (Å²) in [5.74, 6) is -0.789. The number of pyridine rings is 2.